The van der Waals surface area contributed by atoms with Gasteiger partial charge in [-0.2, -0.15) is 0 Å². The molecule has 0 aromatic heterocycles. The van der Waals surface area contributed by atoms with E-state index in [1.807, 2.05) is 6.92 Å². The first-order valence-corrected chi connectivity index (χ1v) is 7.91. The number of hydrogen-bond acceptors (Lipinski definition) is 2. The fourth-order valence-electron chi connectivity index (χ4n) is 3.81. The number of fused-ring (bicyclic) bond motifs is 2. The molecule has 2 N–H and O–H groups in total. The topological polar surface area (TPSA) is 41.1 Å². The largest absolute Gasteiger partial charge is 0.349 e. The Kier molecular flexibility index (Phi) is 4.24. The lowest BCUT2D eigenvalue weighted by molar-refractivity contribution is -0.122. The second kappa shape index (κ2) is 6.14. The highest BCUT2D eigenvalue weighted by Crippen LogP contribution is 2.32. The van der Waals surface area contributed by atoms with Gasteiger partial charge in [0.25, 0.3) is 0 Å². The highest BCUT2D eigenvalue weighted by Gasteiger charge is 2.34. The van der Waals surface area contributed by atoms with E-state index < -0.39 is 0 Å². The Morgan fingerprint density at radius 1 is 1.33 bits per heavy atom. The fourth-order valence-corrected chi connectivity index (χ4v) is 3.81. The molecule has 2 aliphatic rings. The number of rotatable bonds is 4. The molecule has 0 saturated carbocycles. The predicted octanol–water partition coefficient (Wildman–Crippen LogP) is 2.92. The third-order valence-corrected chi connectivity index (χ3v) is 4.79. The van der Waals surface area contributed by atoms with Crippen LogP contribution in [-0.4, -0.2) is 18.0 Å². The molecule has 3 atom stereocenters. The number of nitrogens with one attached hydrogen (secondary N) is 2. The average Bonchev–Trinajstić information content (AvgIpc) is 2.78. The van der Waals surface area contributed by atoms with Gasteiger partial charge in [0.2, 0.25) is 5.91 Å². The first-order chi connectivity index (χ1) is 10.1. The zero-order valence-corrected chi connectivity index (χ0v) is 12.4. The second-order valence-electron chi connectivity index (χ2n) is 6.49. The van der Waals surface area contributed by atoms with E-state index >= 15 is 0 Å². The minimum Gasteiger partial charge on any atom is -0.349 e. The maximum atomic E-state index is 13.7. The van der Waals surface area contributed by atoms with Gasteiger partial charge < -0.3 is 10.6 Å². The molecule has 2 bridgehead atoms. The number of hydrogen-bond donors (Lipinski definition) is 2. The van der Waals surface area contributed by atoms with Gasteiger partial charge in [-0.05, 0) is 44.6 Å². The van der Waals surface area contributed by atoms with Gasteiger partial charge in [-0.25, -0.2) is 4.39 Å². The van der Waals surface area contributed by atoms with Crippen molar-refractivity contribution < 1.29 is 9.18 Å². The van der Waals surface area contributed by atoms with E-state index in [-0.39, 0.29) is 17.8 Å². The lowest BCUT2D eigenvalue weighted by Crippen LogP contribution is -2.40. The minimum atomic E-state index is -0.280. The summed E-state index contributed by atoms with van der Waals surface area (Å²) in [6.07, 6.45) is 5.24. The number of halogens is 1. The van der Waals surface area contributed by atoms with Gasteiger partial charge in [0.1, 0.15) is 5.82 Å². The highest BCUT2D eigenvalue weighted by molar-refractivity contribution is 5.76. The van der Waals surface area contributed by atoms with Gasteiger partial charge in [-0.3, -0.25) is 4.79 Å². The first kappa shape index (κ1) is 14.5. The van der Waals surface area contributed by atoms with Gasteiger partial charge in [0.15, 0.2) is 0 Å². The van der Waals surface area contributed by atoms with Crippen molar-refractivity contribution in [3.63, 3.8) is 0 Å². The quantitative estimate of drug-likeness (QED) is 0.895. The summed E-state index contributed by atoms with van der Waals surface area (Å²) in [5.41, 5.74) is 0.552. The van der Waals surface area contributed by atoms with Crippen molar-refractivity contribution in [1.29, 1.82) is 0 Å². The molecule has 0 spiro atoms. The molecule has 1 amide bonds. The van der Waals surface area contributed by atoms with Crippen molar-refractivity contribution in [3.8, 4) is 0 Å². The van der Waals surface area contributed by atoms with Crippen LogP contribution in [0.25, 0.3) is 0 Å². The van der Waals surface area contributed by atoms with Crippen molar-refractivity contribution >= 4 is 5.91 Å². The van der Waals surface area contributed by atoms with E-state index in [1.165, 1.54) is 18.9 Å². The lowest BCUT2D eigenvalue weighted by Gasteiger charge is -2.29. The summed E-state index contributed by atoms with van der Waals surface area (Å²) >= 11 is 0. The van der Waals surface area contributed by atoms with Crippen LogP contribution in [0.2, 0.25) is 0 Å². The second-order valence-corrected chi connectivity index (χ2v) is 6.49. The Morgan fingerprint density at radius 3 is 2.67 bits per heavy atom. The Bertz CT molecular complexity index is 507. The number of benzene rings is 1. The summed E-state index contributed by atoms with van der Waals surface area (Å²) in [6, 6.07) is 7.55. The Hall–Kier alpha value is -1.42. The smallest absolute Gasteiger partial charge is 0.220 e. The van der Waals surface area contributed by atoms with Crippen molar-refractivity contribution in [1.82, 2.24) is 10.6 Å². The van der Waals surface area contributed by atoms with E-state index in [0.29, 0.717) is 30.0 Å². The van der Waals surface area contributed by atoms with Gasteiger partial charge in [-0.15, -0.1) is 0 Å². The van der Waals surface area contributed by atoms with E-state index in [2.05, 4.69) is 10.6 Å². The molecule has 2 fully saturated rings. The summed E-state index contributed by atoms with van der Waals surface area (Å²) in [7, 11) is 0. The van der Waals surface area contributed by atoms with Crippen LogP contribution in [0.5, 0.6) is 0 Å². The van der Waals surface area contributed by atoms with Crippen LogP contribution in [0.4, 0.5) is 4.39 Å². The summed E-state index contributed by atoms with van der Waals surface area (Å²) in [4.78, 5) is 12.2. The SMILES string of the molecule is CC(NC(=O)CC1CC2CCC(C1)N2)c1ccccc1F. The zero-order chi connectivity index (χ0) is 14.8. The number of piperidine rings is 1. The van der Waals surface area contributed by atoms with Gasteiger partial charge in [0.05, 0.1) is 6.04 Å². The molecule has 4 heteroatoms. The third kappa shape index (κ3) is 3.43. The molecule has 0 radical (unpaired) electrons. The Balaban J connectivity index is 1.53. The monoisotopic (exact) mass is 290 g/mol. The maximum Gasteiger partial charge on any atom is 0.220 e. The number of carbonyl (C=O) groups is 1. The minimum absolute atomic E-state index is 0.0389. The van der Waals surface area contributed by atoms with E-state index in [9.17, 15) is 9.18 Å². The lowest BCUT2D eigenvalue weighted by atomic mass is 9.89. The number of amides is 1. The molecule has 0 aliphatic carbocycles. The summed E-state index contributed by atoms with van der Waals surface area (Å²) in [6.45, 7) is 1.84. The molecular weight excluding hydrogens is 267 g/mol. The van der Waals surface area contributed by atoms with Gasteiger partial charge in [-0.1, -0.05) is 18.2 Å². The van der Waals surface area contributed by atoms with Crippen molar-refractivity contribution in [2.45, 2.75) is 57.2 Å². The molecule has 2 aliphatic heterocycles. The molecule has 3 unspecified atom stereocenters. The Labute approximate surface area is 125 Å². The summed E-state index contributed by atoms with van der Waals surface area (Å²) in [5.74, 6) is 0.249. The first-order valence-electron chi connectivity index (χ1n) is 7.91. The van der Waals surface area contributed by atoms with E-state index in [4.69, 9.17) is 0 Å². The molecule has 3 nitrogen and oxygen atoms in total. The summed E-state index contributed by atoms with van der Waals surface area (Å²) < 4.78 is 13.7. The molecule has 1 aromatic rings. The van der Waals surface area contributed by atoms with Crippen LogP contribution in [0.1, 0.15) is 50.6 Å². The summed E-state index contributed by atoms with van der Waals surface area (Å²) in [5, 5.41) is 6.52. The van der Waals surface area contributed by atoms with Crippen LogP contribution < -0.4 is 10.6 Å². The van der Waals surface area contributed by atoms with E-state index in [1.54, 1.807) is 18.2 Å². The third-order valence-electron chi connectivity index (χ3n) is 4.79. The van der Waals surface area contributed by atoms with Crippen LogP contribution in [0.3, 0.4) is 0 Å². The molecule has 21 heavy (non-hydrogen) atoms. The molecule has 1 aromatic carbocycles. The average molecular weight is 290 g/mol. The number of carbonyl (C=O) groups excluding carboxylic acids is 1. The predicted molar refractivity (Wildman–Crippen MR) is 80.2 cm³/mol. The molecule has 2 heterocycles. The van der Waals surface area contributed by atoms with Gasteiger partial charge >= 0.3 is 0 Å². The highest BCUT2D eigenvalue weighted by atomic mass is 19.1. The van der Waals surface area contributed by atoms with Crippen molar-refractivity contribution in [2.75, 3.05) is 0 Å². The van der Waals surface area contributed by atoms with E-state index in [0.717, 1.165) is 12.8 Å². The maximum absolute atomic E-state index is 13.7. The normalized spacial score (nSPS) is 29.1. The van der Waals surface area contributed by atoms with Crippen LogP contribution >= 0.6 is 0 Å². The molecule has 2 saturated heterocycles. The van der Waals surface area contributed by atoms with Gasteiger partial charge in [0, 0.05) is 24.1 Å². The van der Waals surface area contributed by atoms with Crippen molar-refractivity contribution in [2.24, 2.45) is 5.92 Å². The van der Waals surface area contributed by atoms with Crippen LogP contribution in [-0.2, 0) is 4.79 Å². The van der Waals surface area contributed by atoms with Crippen LogP contribution in [0, 0.1) is 11.7 Å². The standard InChI is InChI=1S/C17H23FN2O/c1-11(15-4-2-3-5-16(15)18)19-17(21)10-12-8-13-6-7-14(9-12)20-13/h2-5,11-14,20H,6-10H2,1H3,(H,19,21). The van der Waals surface area contributed by atoms with Crippen molar-refractivity contribution in [3.05, 3.63) is 35.6 Å². The molecule has 3 rings (SSSR count). The van der Waals surface area contributed by atoms with Crippen LogP contribution in [0.15, 0.2) is 24.3 Å². The zero-order valence-electron chi connectivity index (χ0n) is 12.4. The molecule has 114 valence electrons. The molecular formula is C17H23FN2O. The fraction of sp³-hybridized carbons (Fsp3) is 0.588. The Morgan fingerprint density at radius 2 is 2.00 bits per heavy atom.